The first-order valence-electron chi connectivity index (χ1n) is 9.41. The number of amides is 1. The summed E-state index contributed by atoms with van der Waals surface area (Å²) in [5, 5.41) is 2.52. The van der Waals surface area contributed by atoms with E-state index in [1.165, 1.54) is 0 Å². The molecule has 0 spiro atoms. The maximum atomic E-state index is 12.0. The van der Waals surface area contributed by atoms with Crippen molar-refractivity contribution in [2.75, 3.05) is 13.2 Å². The highest BCUT2D eigenvalue weighted by atomic mass is 16.5. The van der Waals surface area contributed by atoms with Crippen LogP contribution in [0.3, 0.4) is 0 Å². The van der Waals surface area contributed by atoms with Crippen molar-refractivity contribution in [1.82, 2.24) is 5.32 Å². The predicted molar refractivity (Wildman–Crippen MR) is 110 cm³/mol. The molecule has 0 saturated heterocycles. The molecule has 0 aromatic heterocycles. The Kier molecular flexibility index (Phi) is 7.41. The lowest BCUT2D eigenvalue weighted by Gasteiger charge is -2.12. The molecule has 5 heteroatoms. The third-order valence-electron chi connectivity index (χ3n) is 4.24. The highest BCUT2D eigenvalue weighted by Gasteiger charge is 2.10. The van der Waals surface area contributed by atoms with Gasteiger partial charge in [0, 0.05) is 6.42 Å². The lowest BCUT2D eigenvalue weighted by Crippen LogP contribution is -2.34. The molecule has 1 amide bonds. The normalized spacial score (nSPS) is 10.2. The summed E-state index contributed by atoms with van der Waals surface area (Å²) in [5.74, 6) is -0.221. The van der Waals surface area contributed by atoms with E-state index in [2.05, 4.69) is 5.32 Å². The number of ether oxygens (including phenoxy) is 2. The van der Waals surface area contributed by atoms with Crippen LogP contribution in [0.25, 0.3) is 0 Å². The van der Waals surface area contributed by atoms with E-state index in [4.69, 9.17) is 9.47 Å². The summed E-state index contributed by atoms with van der Waals surface area (Å²) in [6, 6.07) is 27.0. The molecule has 0 saturated carbocycles. The second-order valence-electron chi connectivity index (χ2n) is 6.48. The lowest BCUT2D eigenvalue weighted by atomic mass is 10.0. The number of esters is 1. The number of nitrogens with one attached hydrogen (secondary N) is 1. The molecule has 0 fully saturated rings. The zero-order valence-electron chi connectivity index (χ0n) is 16.0. The van der Waals surface area contributed by atoms with Crippen LogP contribution in [0.1, 0.15) is 16.7 Å². The quantitative estimate of drug-likeness (QED) is 0.569. The Hall–Kier alpha value is -3.60. The zero-order valence-corrected chi connectivity index (χ0v) is 16.0. The monoisotopic (exact) mass is 389 g/mol. The third-order valence-corrected chi connectivity index (χ3v) is 4.24. The molecule has 0 aliphatic rings. The third kappa shape index (κ3) is 6.81. The van der Waals surface area contributed by atoms with Gasteiger partial charge in [-0.25, -0.2) is 0 Å². The van der Waals surface area contributed by atoms with Crippen LogP contribution in [0.5, 0.6) is 5.75 Å². The molecule has 0 radical (unpaired) electrons. The van der Waals surface area contributed by atoms with Crippen LogP contribution in [0.15, 0.2) is 84.9 Å². The van der Waals surface area contributed by atoms with Crippen molar-refractivity contribution in [2.45, 2.75) is 13.0 Å². The Morgan fingerprint density at radius 2 is 1.38 bits per heavy atom. The van der Waals surface area contributed by atoms with Gasteiger partial charge in [-0.1, -0.05) is 78.9 Å². The highest BCUT2D eigenvalue weighted by Crippen LogP contribution is 2.21. The fourth-order valence-electron chi connectivity index (χ4n) is 2.76. The van der Waals surface area contributed by atoms with E-state index in [1.807, 2.05) is 84.9 Å². The second kappa shape index (κ2) is 10.7. The summed E-state index contributed by atoms with van der Waals surface area (Å²) in [5.41, 5.74) is 3.05. The minimum atomic E-state index is -0.494. The largest absolute Gasteiger partial charge is 0.483 e. The first-order valence-corrected chi connectivity index (χ1v) is 9.41. The molecule has 1 N–H and O–H groups in total. The van der Waals surface area contributed by atoms with Crippen molar-refractivity contribution in [1.29, 1.82) is 0 Å². The fourth-order valence-corrected chi connectivity index (χ4v) is 2.76. The van der Waals surface area contributed by atoms with Gasteiger partial charge in [0.15, 0.2) is 6.61 Å². The van der Waals surface area contributed by atoms with Gasteiger partial charge in [0.2, 0.25) is 0 Å². The topological polar surface area (TPSA) is 64.6 Å². The van der Waals surface area contributed by atoms with Crippen molar-refractivity contribution >= 4 is 11.9 Å². The SMILES string of the molecule is O=C(COc1ccccc1Cc1ccccc1)NCC(=O)OCc1ccccc1. The van der Waals surface area contributed by atoms with E-state index in [9.17, 15) is 9.59 Å². The molecular weight excluding hydrogens is 366 g/mol. The first kappa shape index (κ1) is 20.1. The van der Waals surface area contributed by atoms with Crippen LogP contribution in [-0.4, -0.2) is 25.0 Å². The summed E-state index contributed by atoms with van der Waals surface area (Å²) in [4.78, 5) is 23.8. The van der Waals surface area contributed by atoms with Gasteiger partial charge in [-0.3, -0.25) is 9.59 Å². The summed E-state index contributed by atoms with van der Waals surface area (Å²) >= 11 is 0. The van der Waals surface area contributed by atoms with Gasteiger partial charge in [-0.2, -0.15) is 0 Å². The van der Waals surface area contributed by atoms with Gasteiger partial charge >= 0.3 is 5.97 Å². The maximum absolute atomic E-state index is 12.0. The standard InChI is InChI=1S/C24H23NO4/c26-23(25-16-24(27)29-17-20-11-5-2-6-12-20)18-28-22-14-8-7-13-21(22)15-19-9-3-1-4-10-19/h1-14H,15-18H2,(H,25,26). The Morgan fingerprint density at radius 3 is 2.10 bits per heavy atom. The Balaban J connectivity index is 1.43. The van der Waals surface area contributed by atoms with Crippen molar-refractivity contribution in [2.24, 2.45) is 0 Å². The Labute approximate surface area is 170 Å². The van der Waals surface area contributed by atoms with Gasteiger partial charge in [0.05, 0.1) is 0 Å². The highest BCUT2D eigenvalue weighted by molar-refractivity contribution is 5.82. The molecule has 3 aromatic rings. The van der Waals surface area contributed by atoms with Gasteiger partial charge in [0.1, 0.15) is 18.9 Å². The molecule has 5 nitrogen and oxygen atoms in total. The van der Waals surface area contributed by atoms with Gasteiger partial charge < -0.3 is 14.8 Å². The number of para-hydroxylation sites is 1. The fraction of sp³-hybridized carbons (Fsp3) is 0.167. The lowest BCUT2D eigenvalue weighted by molar-refractivity contribution is -0.145. The van der Waals surface area contributed by atoms with Crippen LogP contribution in [0.2, 0.25) is 0 Å². The van der Waals surface area contributed by atoms with Gasteiger partial charge in [-0.05, 0) is 22.8 Å². The predicted octanol–water partition coefficient (Wildman–Crippen LogP) is 3.52. The molecule has 0 bridgehead atoms. The average molecular weight is 389 g/mol. The van der Waals surface area contributed by atoms with E-state index in [-0.39, 0.29) is 25.7 Å². The van der Waals surface area contributed by atoms with E-state index in [0.29, 0.717) is 12.2 Å². The molecule has 3 aromatic carbocycles. The maximum Gasteiger partial charge on any atom is 0.325 e. The van der Waals surface area contributed by atoms with Crippen LogP contribution in [-0.2, 0) is 27.4 Å². The van der Waals surface area contributed by atoms with E-state index in [1.54, 1.807) is 0 Å². The number of hydrogen-bond acceptors (Lipinski definition) is 4. The molecule has 0 atom stereocenters. The van der Waals surface area contributed by atoms with E-state index in [0.717, 1.165) is 16.7 Å². The molecule has 0 heterocycles. The number of benzene rings is 3. The number of carbonyl (C=O) groups is 2. The minimum absolute atomic E-state index is 0.169. The number of rotatable bonds is 9. The number of carbonyl (C=O) groups excluding carboxylic acids is 2. The summed E-state index contributed by atoms with van der Waals surface area (Å²) in [6.07, 6.45) is 0.713. The second-order valence-corrected chi connectivity index (χ2v) is 6.48. The van der Waals surface area contributed by atoms with Gasteiger partial charge in [0.25, 0.3) is 5.91 Å². The van der Waals surface area contributed by atoms with Crippen molar-refractivity contribution in [3.8, 4) is 5.75 Å². The van der Waals surface area contributed by atoms with Crippen LogP contribution < -0.4 is 10.1 Å². The first-order chi connectivity index (χ1) is 14.2. The van der Waals surface area contributed by atoms with Crippen molar-refractivity contribution in [3.63, 3.8) is 0 Å². The van der Waals surface area contributed by atoms with Crippen LogP contribution >= 0.6 is 0 Å². The summed E-state index contributed by atoms with van der Waals surface area (Å²) < 4.78 is 10.8. The summed E-state index contributed by atoms with van der Waals surface area (Å²) in [6.45, 7) is -0.183. The summed E-state index contributed by atoms with van der Waals surface area (Å²) in [7, 11) is 0. The minimum Gasteiger partial charge on any atom is -0.483 e. The molecule has 0 aliphatic carbocycles. The molecular formula is C24H23NO4. The van der Waals surface area contributed by atoms with Crippen molar-refractivity contribution < 1.29 is 19.1 Å². The zero-order chi connectivity index (χ0) is 20.3. The smallest absolute Gasteiger partial charge is 0.325 e. The van der Waals surface area contributed by atoms with Crippen molar-refractivity contribution in [3.05, 3.63) is 102 Å². The molecule has 148 valence electrons. The van der Waals surface area contributed by atoms with E-state index < -0.39 is 5.97 Å². The Bertz CT molecular complexity index is 926. The van der Waals surface area contributed by atoms with Crippen LogP contribution in [0, 0.1) is 0 Å². The molecule has 3 rings (SSSR count). The number of hydrogen-bond donors (Lipinski definition) is 1. The Morgan fingerprint density at radius 1 is 0.759 bits per heavy atom. The molecule has 29 heavy (non-hydrogen) atoms. The molecule has 0 aliphatic heterocycles. The molecule has 0 unspecified atom stereocenters. The van der Waals surface area contributed by atoms with Crippen LogP contribution in [0.4, 0.5) is 0 Å². The average Bonchev–Trinajstić information content (AvgIpc) is 2.77. The van der Waals surface area contributed by atoms with E-state index >= 15 is 0 Å². The van der Waals surface area contributed by atoms with Gasteiger partial charge in [-0.15, -0.1) is 0 Å².